The minimum Gasteiger partial charge on any atom is -0.325 e. The summed E-state index contributed by atoms with van der Waals surface area (Å²) in [5.74, 6) is -0.219. The molecule has 9 heteroatoms. The van der Waals surface area contributed by atoms with Crippen LogP contribution in [0.25, 0.3) is 0 Å². The third-order valence-electron chi connectivity index (χ3n) is 4.85. The van der Waals surface area contributed by atoms with E-state index >= 15 is 0 Å². The highest BCUT2D eigenvalue weighted by atomic mass is 32.2. The lowest BCUT2D eigenvalue weighted by Crippen LogP contribution is -2.15. The summed E-state index contributed by atoms with van der Waals surface area (Å²) >= 11 is 1.24. The van der Waals surface area contributed by atoms with Crippen LogP contribution in [0.2, 0.25) is 0 Å². The second kappa shape index (κ2) is 10.6. The molecule has 0 unspecified atom stereocenters. The number of rotatable bonds is 8. The summed E-state index contributed by atoms with van der Waals surface area (Å²) < 4.78 is 1.50. The molecular formula is C24H22N6O2S. The number of benzene rings is 3. The first-order valence-electron chi connectivity index (χ1n) is 10.3. The van der Waals surface area contributed by atoms with Gasteiger partial charge in [-0.25, -0.2) is 4.68 Å². The molecule has 2 amide bonds. The molecule has 33 heavy (non-hydrogen) atoms. The molecule has 3 aromatic carbocycles. The number of hydrogen-bond acceptors (Lipinski definition) is 6. The van der Waals surface area contributed by atoms with Gasteiger partial charge in [0.1, 0.15) is 0 Å². The molecule has 166 valence electrons. The number of nitrogens with one attached hydrogen (secondary N) is 2. The van der Waals surface area contributed by atoms with Crippen LogP contribution in [0.3, 0.4) is 0 Å². The molecule has 2 N–H and O–H groups in total. The van der Waals surface area contributed by atoms with Gasteiger partial charge in [0.15, 0.2) is 0 Å². The number of thioether (sulfide) groups is 1. The van der Waals surface area contributed by atoms with Crippen molar-refractivity contribution in [3.05, 3.63) is 95.6 Å². The Morgan fingerprint density at radius 1 is 0.909 bits per heavy atom. The molecule has 0 aliphatic rings. The van der Waals surface area contributed by atoms with Crippen molar-refractivity contribution >= 4 is 35.0 Å². The van der Waals surface area contributed by atoms with Gasteiger partial charge in [-0.15, -0.1) is 5.10 Å². The zero-order valence-corrected chi connectivity index (χ0v) is 18.7. The van der Waals surface area contributed by atoms with Crippen LogP contribution in [0.4, 0.5) is 11.4 Å². The summed E-state index contributed by atoms with van der Waals surface area (Å²) in [6.07, 6.45) is 0.727. The first-order valence-corrected chi connectivity index (χ1v) is 11.3. The van der Waals surface area contributed by atoms with Gasteiger partial charge >= 0.3 is 0 Å². The number of para-hydroxylation sites is 1. The average molecular weight is 459 g/mol. The van der Waals surface area contributed by atoms with E-state index in [9.17, 15) is 9.59 Å². The molecule has 0 saturated heterocycles. The van der Waals surface area contributed by atoms with Crippen molar-refractivity contribution in [1.29, 1.82) is 0 Å². The monoisotopic (exact) mass is 458 g/mol. The summed E-state index contributed by atoms with van der Waals surface area (Å²) in [5, 5.41) is 17.5. The highest BCUT2D eigenvalue weighted by Gasteiger charge is 2.11. The van der Waals surface area contributed by atoms with Crippen molar-refractivity contribution in [3.63, 3.8) is 0 Å². The van der Waals surface area contributed by atoms with Crippen LogP contribution in [0, 0.1) is 0 Å². The van der Waals surface area contributed by atoms with E-state index in [2.05, 4.69) is 38.3 Å². The van der Waals surface area contributed by atoms with Crippen LogP contribution >= 0.6 is 11.8 Å². The van der Waals surface area contributed by atoms with E-state index in [4.69, 9.17) is 0 Å². The molecule has 4 rings (SSSR count). The van der Waals surface area contributed by atoms with Crippen molar-refractivity contribution in [3.8, 4) is 0 Å². The predicted molar refractivity (Wildman–Crippen MR) is 128 cm³/mol. The Balaban J connectivity index is 1.35. The highest BCUT2D eigenvalue weighted by Crippen LogP contribution is 2.21. The number of aryl methyl sites for hydroxylation is 1. The zero-order valence-electron chi connectivity index (χ0n) is 17.9. The first kappa shape index (κ1) is 22.2. The number of hydrogen-bond donors (Lipinski definition) is 2. The van der Waals surface area contributed by atoms with E-state index in [0.29, 0.717) is 16.4 Å². The number of carbonyl (C=O) groups excluding carboxylic acids is 2. The van der Waals surface area contributed by atoms with E-state index in [1.54, 1.807) is 31.3 Å². The van der Waals surface area contributed by atoms with Crippen molar-refractivity contribution in [2.75, 3.05) is 16.4 Å². The third kappa shape index (κ3) is 6.05. The normalized spacial score (nSPS) is 10.6. The molecule has 1 heterocycles. The molecule has 0 fully saturated rings. The lowest BCUT2D eigenvalue weighted by atomic mass is 10.0. The van der Waals surface area contributed by atoms with Crippen LogP contribution in [0.1, 0.15) is 21.5 Å². The molecule has 0 atom stereocenters. The minimum absolute atomic E-state index is 0.175. The summed E-state index contributed by atoms with van der Waals surface area (Å²) in [6, 6.07) is 24.7. The lowest BCUT2D eigenvalue weighted by Gasteiger charge is -2.12. The Hall–Kier alpha value is -3.98. The van der Waals surface area contributed by atoms with Gasteiger partial charge in [-0.3, -0.25) is 9.59 Å². The van der Waals surface area contributed by atoms with Gasteiger partial charge < -0.3 is 10.6 Å². The van der Waals surface area contributed by atoms with E-state index in [1.165, 1.54) is 22.0 Å². The molecule has 8 nitrogen and oxygen atoms in total. The average Bonchev–Trinajstić information content (AvgIpc) is 3.25. The van der Waals surface area contributed by atoms with E-state index in [-0.39, 0.29) is 17.6 Å². The van der Waals surface area contributed by atoms with Gasteiger partial charge in [0.05, 0.1) is 5.75 Å². The molecule has 0 saturated carbocycles. The standard InChI is InChI=1S/C24H22N6O2S/c1-30-24(27-28-29-30)33-16-22(31)25-20-13-11-18(12-14-20)23(32)26-21-10-6-5-9-19(21)15-17-7-3-2-4-8-17/h2-14H,15-16H2,1H3,(H,25,31)(H,26,32). The minimum atomic E-state index is -0.210. The second-order valence-corrected chi connectivity index (χ2v) is 8.22. The SMILES string of the molecule is Cn1nnnc1SCC(=O)Nc1ccc(C(=O)Nc2ccccc2Cc2ccccc2)cc1. The van der Waals surface area contributed by atoms with Gasteiger partial charge in [-0.1, -0.05) is 60.3 Å². The van der Waals surface area contributed by atoms with Crippen molar-refractivity contribution in [1.82, 2.24) is 20.2 Å². The quantitative estimate of drug-likeness (QED) is 0.390. The molecule has 0 bridgehead atoms. The summed E-state index contributed by atoms with van der Waals surface area (Å²) in [4.78, 5) is 25.0. The Morgan fingerprint density at radius 3 is 2.36 bits per heavy atom. The fraction of sp³-hybridized carbons (Fsp3) is 0.125. The number of aromatic nitrogens is 4. The number of nitrogens with zero attached hydrogens (tertiary/aromatic N) is 4. The third-order valence-corrected chi connectivity index (χ3v) is 5.86. The number of anilines is 2. The fourth-order valence-electron chi connectivity index (χ4n) is 3.18. The Kier molecular flexibility index (Phi) is 7.11. The van der Waals surface area contributed by atoms with Gasteiger partial charge in [-0.2, -0.15) is 0 Å². The first-order chi connectivity index (χ1) is 16.1. The van der Waals surface area contributed by atoms with Crippen LogP contribution < -0.4 is 10.6 Å². The molecule has 0 spiro atoms. The molecule has 0 radical (unpaired) electrons. The van der Waals surface area contributed by atoms with Crippen LogP contribution in [0.5, 0.6) is 0 Å². The Bertz CT molecular complexity index is 1240. The van der Waals surface area contributed by atoms with Crippen molar-refractivity contribution < 1.29 is 9.59 Å². The number of tetrazole rings is 1. The van der Waals surface area contributed by atoms with E-state index in [0.717, 1.165) is 17.7 Å². The molecule has 0 aliphatic carbocycles. The molecule has 1 aromatic heterocycles. The Morgan fingerprint density at radius 2 is 1.64 bits per heavy atom. The van der Waals surface area contributed by atoms with Crippen molar-refractivity contribution in [2.45, 2.75) is 11.6 Å². The van der Waals surface area contributed by atoms with Crippen LogP contribution in [-0.2, 0) is 18.3 Å². The zero-order chi connectivity index (χ0) is 23.0. The fourth-order valence-corrected chi connectivity index (χ4v) is 3.83. The van der Waals surface area contributed by atoms with Crippen LogP contribution in [-0.4, -0.2) is 37.8 Å². The van der Waals surface area contributed by atoms with Gasteiger partial charge in [0.2, 0.25) is 11.1 Å². The maximum atomic E-state index is 12.8. The summed E-state index contributed by atoms with van der Waals surface area (Å²) in [7, 11) is 1.71. The molecular weight excluding hydrogens is 436 g/mol. The van der Waals surface area contributed by atoms with E-state index in [1.807, 2.05) is 42.5 Å². The topological polar surface area (TPSA) is 102 Å². The Labute approximate surface area is 195 Å². The number of carbonyl (C=O) groups is 2. The largest absolute Gasteiger partial charge is 0.325 e. The van der Waals surface area contributed by atoms with Gasteiger partial charge in [0.25, 0.3) is 5.91 Å². The lowest BCUT2D eigenvalue weighted by molar-refractivity contribution is -0.113. The van der Waals surface area contributed by atoms with E-state index < -0.39 is 0 Å². The van der Waals surface area contributed by atoms with Crippen molar-refractivity contribution in [2.24, 2.45) is 7.05 Å². The van der Waals surface area contributed by atoms with Gasteiger partial charge in [-0.05, 0) is 58.3 Å². The maximum absolute atomic E-state index is 12.8. The summed E-state index contributed by atoms with van der Waals surface area (Å²) in [5.41, 5.74) is 4.10. The predicted octanol–water partition coefficient (Wildman–Crippen LogP) is 3.78. The second-order valence-electron chi connectivity index (χ2n) is 7.27. The smallest absolute Gasteiger partial charge is 0.255 e. The molecule has 4 aromatic rings. The number of amides is 2. The summed E-state index contributed by atoms with van der Waals surface area (Å²) in [6.45, 7) is 0. The van der Waals surface area contributed by atoms with Gasteiger partial charge in [0, 0.05) is 24.0 Å². The maximum Gasteiger partial charge on any atom is 0.255 e. The van der Waals surface area contributed by atoms with Crippen LogP contribution in [0.15, 0.2) is 84.0 Å². The highest BCUT2D eigenvalue weighted by molar-refractivity contribution is 7.99. The molecule has 0 aliphatic heterocycles.